The highest BCUT2D eigenvalue weighted by Gasteiger charge is 2.28. The van der Waals surface area contributed by atoms with Crippen molar-refractivity contribution in [3.8, 4) is 0 Å². The number of carbonyl (C=O) groups excluding carboxylic acids is 2. The highest BCUT2D eigenvalue weighted by Crippen LogP contribution is 2.30. The largest absolute Gasteiger partial charge is 0.388 e. The number of nitrogens with one attached hydrogen (secondary N) is 1. The van der Waals surface area contributed by atoms with E-state index in [0.29, 0.717) is 13.1 Å². The molecular weight excluding hydrogens is 354 g/mol. The fourth-order valence-electron chi connectivity index (χ4n) is 3.08. The van der Waals surface area contributed by atoms with E-state index in [4.69, 9.17) is 5.73 Å². The third kappa shape index (κ3) is 5.97. The summed E-state index contributed by atoms with van der Waals surface area (Å²) in [4.78, 5) is 25.8. The second-order valence-electron chi connectivity index (χ2n) is 7.06. The number of carbonyl (C=O) groups is 2. The van der Waals surface area contributed by atoms with Crippen molar-refractivity contribution in [2.24, 2.45) is 17.6 Å². The van der Waals surface area contributed by atoms with E-state index in [-0.39, 0.29) is 42.6 Å². The minimum Gasteiger partial charge on any atom is -0.388 e. The molecule has 1 unspecified atom stereocenters. The lowest BCUT2D eigenvalue weighted by Gasteiger charge is -2.34. The summed E-state index contributed by atoms with van der Waals surface area (Å²) in [5.74, 6) is -0.213. The molecule has 0 aliphatic carbocycles. The van der Waals surface area contributed by atoms with Crippen molar-refractivity contribution in [2.75, 3.05) is 19.6 Å². The molecule has 0 bridgehead atoms. The molecule has 0 aromatic heterocycles. The van der Waals surface area contributed by atoms with Crippen LogP contribution in [0.1, 0.15) is 38.4 Å². The predicted molar refractivity (Wildman–Crippen MR) is 104 cm³/mol. The minimum absolute atomic E-state index is 0. The second kappa shape index (κ2) is 10.5. The average molecular weight is 384 g/mol. The molecule has 0 spiro atoms. The van der Waals surface area contributed by atoms with E-state index in [9.17, 15) is 14.7 Å². The normalized spacial score (nSPS) is 17.3. The molecule has 4 N–H and O–H groups in total. The number of nitrogens with zero attached hydrogens (tertiary/aromatic N) is 1. The van der Waals surface area contributed by atoms with Gasteiger partial charge in [0, 0.05) is 13.1 Å². The number of benzene rings is 1. The van der Waals surface area contributed by atoms with Crippen LogP contribution in [-0.4, -0.2) is 47.5 Å². The maximum Gasteiger partial charge on any atom is 0.241 e. The quantitative estimate of drug-likeness (QED) is 0.693. The van der Waals surface area contributed by atoms with E-state index in [1.807, 2.05) is 44.2 Å². The number of aliphatic hydroxyl groups excluding tert-OH is 1. The Morgan fingerprint density at radius 3 is 2.35 bits per heavy atom. The van der Waals surface area contributed by atoms with Gasteiger partial charge in [-0.2, -0.15) is 0 Å². The van der Waals surface area contributed by atoms with Gasteiger partial charge in [-0.1, -0.05) is 44.2 Å². The molecular formula is C19H30ClN3O3. The molecule has 146 valence electrons. The van der Waals surface area contributed by atoms with Crippen molar-refractivity contribution in [1.82, 2.24) is 10.2 Å². The van der Waals surface area contributed by atoms with Crippen molar-refractivity contribution in [2.45, 2.75) is 38.8 Å². The summed E-state index contributed by atoms with van der Waals surface area (Å²) in [6.45, 7) is 4.91. The highest BCUT2D eigenvalue weighted by molar-refractivity contribution is 5.87. The van der Waals surface area contributed by atoms with Gasteiger partial charge in [0.05, 0.1) is 18.7 Å². The molecule has 1 fully saturated rings. The van der Waals surface area contributed by atoms with Crippen LogP contribution in [0.15, 0.2) is 30.3 Å². The van der Waals surface area contributed by atoms with E-state index < -0.39 is 12.1 Å². The topological polar surface area (TPSA) is 95.7 Å². The Kier molecular flexibility index (Phi) is 9.05. The first-order chi connectivity index (χ1) is 11.9. The Balaban J connectivity index is 0.00000338. The lowest BCUT2D eigenvalue weighted by Crippen LogP contribution is -2.49. The number of hydrogen-bond donors (Lipinski definition) is 3. The van der Waals surface area contributed by atoms with Gasteiger partial charge in [-0.05, 0) is 30.2 Å². The van der Waals surface area contributed by atoms with E-state index in [0.717, 1.165) is 18.4 Å². The lowest BCUT2D eigenvalue weighted by molar-refractivity contribution is -0.135. The molecule has 1 aliphatic heterocycles. The van der Waals surface area contributed by atoms with E-state index >= 15 is 0 Å². The summed E-state index contributed by atoms with van der Waals surface area (Å²) < 4.78 is 0. The zero-order valence-electron chi connectivity index (χ0n) is 15.4. The molecule has 6 nitrogen and oxygen atoms in total. The molecule has 1 aliphatic rings. The lowest BCUT2D eigenvalue weighted by atomic mass is 9.87. The predicted octanol–water partition coefficient (Wildman–Crippen LogP) is 1.48. The van der Waals surface area contributed by atoms with Gasteiger partial charge >= 0.3 is 0 Å². The Labute approximate surface area is 161 Å². The Bertz CT molecular complexity index is 575. The van der Waals surface area contributed by atoms with Crippen LogP contribution >= 0.6 is 12.4 Å². The zero-order valence-corrected chi connectivity index (χ0v) is 16.2. The smallest absolute Gasteiger partial charge is 0.241 e. The van der Waals surface area contributed by atoms with Gasteiger partial charge in [0.2, 0.25) is 11.8 Å². The van der Waals surface area contributed by atoms with Crippen molar-refractivity contribution in [1.29, 1.82) is 0 Å². The van der Waals surface area contributed by atoms with Gasteiger partial charge in [-0.25, -0.2) is 0 Å². The fraction of sp³-hybridized carbons (Fsp3) is 0.579. The first-order valence-electron chi connectivity index (χ1n) is 8.94. The Hall–Kier alpha value is -1.63. The Morgan fingerprint density at radius 1 is 1.23 bits per heavy atom. The molecule has 1 aromatic carbocycles. The standard InChI is InChI=1S/C19H29N3O3.ClH/c1-13(2)17(20)19(25)21-12-16(23)22-10-8-15(9-11-22)18(24)14-6-4-3-5-7-14;/h3-7,13,15,17-18,24H,8-12,20H2,1-2H3,(H,21,25);1H/t17-,18?;/m0./s1. The van der Waals surface area contributed by atoms with Crippen molar-refractivity contribution in [3.63, 3.8) is 0 Å². The second-order valence-corrected chi connectivity index (χ2v) is 7.06. The van der Waals surface area contributed by atoms with Crippen molar-refractivity contribution >= 4 is 24.2 Å². The summed E-state index contributed by atoms with van der Waals surface area (Å²) in [6.07, 6.45) is 1.00. The van der Waals surface area contributed by atoms with Crippen LogP contribution in [0, 0.1) is 11.8 Å². The third-order valence-electron chi connectivity index (χ3n) is 4.91. The Morgan fingerprint density at radius 2 is 1.81 bits per heavy atom. The minimum atomic E-state index is -0.598. The number of hydrogen-bond acceptors (Lipinski definition) is 4. The first-order valence-corrected chi connectivity index (χ1v) is 8.94. The number of rotatable bonds is 6. The van der Waals surface area contributed by atoms with Crippen LogP contribution in [0.5, 0.6) is 0 Å². The van der Waals surface area contributed by atoms with Gasteiger partial charge in [0.1, 0.15) is 0 Å². The number of aliphatic hydroxyl groups is 1. The highest BCUT2D eigenvalue weighted by atomic mass is 35.5. The third-order valence-corrected chi connectivity index (χ3v) is 4.91. The van der Waals surface area contributed by atoms with Crippen LogP contribution in [-0.2, 0) is 9.59 Å². The van der Waals surface area contributed by atoms with E-state index in [1.165, 1.54) is 0 Å². The monoisotopic (exact) mass is 383 g/mol. The molecule has 26 heavy (non-hydrogen) atoms. The van der Waals surface area contributed by atoms with E-state index in [1.54, 1.807) is 4.90 Å². The molecule has 7 heteroatoms. The molecule has 2 atom stereocenters. The number of amides is 2. The molecule has 0 radical (unpaired) electrons. The summed E-state index contributed by atoms with van der Waals surface area (Å²) in [7, 11) is 0. The van der Waals surface area contributed by atoms with Gasteiger partial charge in [0.15, 0.2) is 0 Å². The van der Waals surface area contributed by atoms with Gasteiger partial charge < -0.3 is 21.1 Å². The van der Waals surface area contributed by atoms with Crippen LogP contribution in [0.2, 0.25) is 0 Å². The summed E-state index contributed by atoms with van der Waals surface area (Å²) >= 11 is 0. The number of halogens is 1. The summed E-state index contributed by atoms with van der Waals surface area (Å²) in [6, 6.07) is 9.02. The molecule has 1 aromatic rings. The van der Waals surface area contributed by atoms with Crippen LogP contribution < -0.4 is 11.1 Å². The summed E-state index contributed by atoms with van der Waals surface area (Å²) in [5, 5.41) is 13.1. The maximum absolute atomic E-state index is 12.2. The average Bonchev–Trinajstić information content (AvgIpc) is 2.65. The zero-order chi connectivity index (χ0) is 18.4. The number of piperidine rings is 1. The molecule has 1 saturated heterocycles. The van der Waals surface area contributed by atoms with E-state index in [2.05, 4.69) is 5.32 Å². The van der Waals surface area contributed by atoms with Gasteiger partial charge in [-0.3, -0.25) is 9.59 Å². The van der Waals surface area contributed by atoms with Crippen LogP contribution in [0.3, 0.4) is 0 Å². The van der Waals surface area contributed by atoms with Gasteiger partial charge in [0.25, 0.3) is 0 Å². The van der Waals surface area contributed by atoms with Gasteiger partial charge in [-0.15, -0.1) is 12.4 Å². The molecule has 0 saturated carbocycles. The number of likely N-dealkylation sites (tertiary alicyclic amines) is 1. The summed E-state index contributed by atoms with van der Waals surface area (Å²) in [5.41, 5.74) is 6.69. The molecule has 2 rings (SSSR count). The van der Waals surface area contributed by atoms with Crippen molar-refractivity contribution in [3.05, 3.63) is 35.9 Å². The SMILES string of the molecule is CC(C)[C@H](N)C(=O)NCC(=O)N1CCC(C(O)c2ccccc2)CC1.Cl. The van der Waals surface area contributed by atoms with Crippen LogP contribution in [0.25, 0.3) is 0 Å². The maximum atomic E-state index is 12.2. The van der Waals surface area contributed by atoms with Crippen molar-refractivity contribution < 1.29 is 14.7 Å². The van der Waals surface area contributed by atoms with Crippen LogP contribution in [0.4, 0.5) is 0 Å². The fourth-order valence-corrected chi connectivity index (χ4v) is 3.08. The number of nitrogens with two attached hydrogens (primary N) is 1. The molecule has 1 heterocycles. The first kappa shape index (κ1) is 22.4. The molecule has 2 amide bonds.